The minimum atomic E-state index is -0.937. The van der Waals surface area contributed by atoms with Crippen LogP contribution in [0, 0.1) is 5.92 Å². The highest BCUT2D eigenvalue weighted by Crippen LogP contribution is 2.40. The van der Waals surface area contributed by atoms with E-state index >= 15 is 0 Å². The molecule has 1 aliphatic carbocycles. The Morgan fingerprint density at radius 2 is 2.25 bits per heavy atom. The highest BCUT2D eigenvalue weighted by atomic mass is 32.1. The lowest BCUT2D eigenvalue weighted by Gasteiger charge is -2.18. The molecule has 0 amide bonds. The predicted octanol–water partition coefficient (Wildman–Crippen LogP) is 4.26. The van der Waals surface area contributed by atoms with Crippen molar-refractivity contribution < 1.29 is 9.90 Å². The monoisotopic (exact) mass is 339 g/mol. The van der Waals surface area contributed by atoms with Crippen molar-refractivity contribution in [2.24, 2.45) is 5.92 Å². The van der Waals surface area contributed by atoms with Crippen LogP contribution in [0.25, 0.3) is 10.2 Å². The van der Waals surface area contributed by atoms with Crippen molar-refractivity contribution >= 4 is 39.0 Å². The summed E-state index contributed by atoms with van der Waals surface area (Å²) in [5.74, 6) is 0.533. The quantitative estimate of drug-likeness (QED) is 0.746. The molecule has 1 aromatic carbocycles. The van der Waals surface area contributed by atoms with Crippen molar-refractivity contribution in [1.82, 2.24) is 9.97 Å². The van der Waals surface area contributed by atoms with Gasteiger partial charge in [0.15, 0.2) is 0 Å². The van der Waals surface area contributed by atoms with Gasteiger partial charge >= 0.3 is 5.97 Å². The smallest absolute Gasteiger partial charge is 0.335 e. The van der Waals surface area contributed by atoms with E-state index in [-0.39, 0.29) is 5.56 Å². The van der Waals surface area contributed by atoms with Crippen molar-refractivity contribution in [3.8, 4) is 0 Å². The number of aromatic carboxylic acids is 1. The van der Waals surface area contributed by atoms with E-state index in [4.69, 9.17) is 5.11 Å². The number of carbonyl (C=O) groups is 1. The molecule has 6 heteroatoms. The molecule has 2 heterocycles. The van der Waals surface area contributed by atoms with Crippen molar-refractivity contribution in [3.05, 3.63) is 46.6 Å². The molecule has 0 bridgehead atoms. The molecule has 1 atom stereocenters. The average molecular weight is 339 g/mol. The van der Waals surface area contributed by atoms with E-state index in [0.29, 0.717) is 5.92 Å². The first-order chi connectivity index (χ1) is 11.6. The summed E-state index contributed by atoms with van der Waals surface area (Å²) >= 11 is 1.75. The Balaban J connectivity index is 1.77. The number of benzene rings is 1. The van der Waals surface area contributed by atoms with Gasteiger partial charge in [-0.2, -0.15) is 0 Å². The van der Waals surface area contributed by atoms with Crippen LogP contribution in [0.3, 0.4) is 0 Å². The molecule has 3 aromatic rings. The van der Waals surface area contributed by atoms with Gasteiger partial charge < -0.3 is 10.4 Å². The summed E-state index contributed by atoms with van der Waals surface area (Å²) in [4.78, 5) is 22.4. The Morgan fingerprint density at radius 1 is 1.38 bits per heavy atom. The van der Waals surface area contributed by atoms with E-state index in [1.54, 1.807) is 35.9 Å². The predicted molar refractivity (Wildman–Crippen MR) is 95.3 cm³/mol. The number of fused-ring (bicyclic) bond motifs is 3. The highest BCUT2D eigenvalue weighted by Gasteiger charge is 2.23. The van der Waals surface area contributed by atoms with Crippen LogP contribution in [0.2, 0.25) is 0 Å². The van der Waals surface area contributed by atoms with Gasteiger partial charge in [0.05, 0.1) is 10.9 Å². The normalized spacial score (nSPS) is 16.8. The molecule has 1 aliphatic rings. The second-order valence-corrected chi connectivity index (χ2v) is 7.35. The van der Waals surface area contributed by atoms with Crippen LogP contribution in [0.15, 0.2) is 30.6 Å². The molecule has 0 aliphatic heterocycles. The molecule has 2 aromatic heterocycles. The Morgan fingerprint density at radius 3 is 3.08 bits per heavy atom. The lowest BCUT2D eigenvalue weighted by atomic mass is 9.89. The molecule has 4 rings (SSSR count). The van der Waals surface area contributed by atoms with Gasteiger partial charge in [0.2, 0.25) is 0 Å². The summed E-state index contributed by atoms with van der Waals surface area (Å²) < 4.78 is 0. The molecule has 0 unspecified atom stereocenters. The molecule has 122 valence electrons. The Kier molecular flexibility index (Phi) is 3.69. The van der Waals surface area contributed by atoms with Gasteiger partial charge in [-0.3, -0.25) is 0 Å². The number of rotatable bonds is 3. The van der Waals surface area contributed by atoms with Gasteiger partial charge in [0.1, 0.15) is 17.0 Å². The molecular formula is C18H17N3O2S. The minimum absolute atomic E-state index is 0.256. The van der Waals surface area contributed by atoms with Crippen molar-refractivity contribution in [3.63, 3.8) is 0 Å². The van der Waals surface area contributed by atoms with Crippen LogP contribution in [-0.2, 0) is 12.8 Å². The molecular weight excluding hydrogens is 322 g/mol. The Hall–Kier alpha value is -2.47. The van der Waals surface area contributed by atoms with Crippen LogP contribution in [0.5, 0.6) is 0 Å². The number of aryl methyl sites for hydroxylation is 1. The fraction of sp³-hybridized carbons (Fsp3) is 0.278. The lowest BCUT2D eigenvalue weighted by molar-refractivity contribution is 0.0697. The van der Waals surface area contributed by atoms with Gasteiger partial charge in [-0.1, -0.05) is 13.0 Å². The van der Waals surface area contributed by atoms with E-state index in [1.165, 1.54) is 16.9 Å². The Bertz CT molecular complexity index is 935. The van der Waals surface area contributed by atoms with Gasteiger partial charge in [-0.05, 0) is 48.9 Å². The van der Waals surface area contributed by atoms with E-state index in [0.717, 1.165) is 34.6 Å². The summed E-state index contributed by atoms with van der Waals surface area (Å²) in [5, 5.41) is 13.5. The average Bonchev–Trinajstić information content (AvgIpc) is 2.93. The molecule has 0 fully saturated rings. The third-order valence-electron chi connectivity index (χ3n) is 4.46. The van der Waals surface area contributed by atoms with E-state index in [1.807, 2.05) is 6.07 Å². The summed E-state index contributed by atoms with van der Waals surface area (Å²) in [6.07, 6.45) is 4.90. The maximum atomic E-state index is 11.1. The number of aromatic nitrogens is 2. The first-order valence-electron chi connectivity index (χ1n) is 7.97. The molecule has 2 N–H and O–H groups in total. The zero-order chi connectivity index (χ0) is 16.7. The number of carboxylic acid groups (broad SMARTS) is 1. The third kappa shape index (κ3) is 2.63. The molecule has 0 saturated carbocycles. The van der Waals surface area contributed by atoms with Crippen molar-refractivity contribution in [1.29, 1.82) is 0 Å². The number of thiophene rings is 1. The zero-order valence-electron chi connectivity index (χ0n) is 13.2. The van der Waals surface area contributed by atoms with E-state index in [9.17, 15) is 4.79 Å². The molecule has 0 saturated heterocycles. The Labute approximate surface area is 143 Å². The topological polar surface area (TPSA) is 75.1 Å². The van der Waals surface area contributed by atoms with Crippen molar-refractivity contribution in [2.45, 2.75) is 26.2 Å². The second kappa shape index (κ2) is 5.87. The first kappa shape index (κ1) is 15.1. The van der Waals surface area contributed by atoms with Crippen LogP contribution >= 0.6 is 11.3 Å². The molecule has 24 heavy (non-hydrogen) atoms. The van der Waals surface area contributed by atoms with Gasteiger partial charge in [0.25, 0.3) is 0 Å². The maximum Gasteiger partial charge on any atom is 0.335 e. The minimum Gasteiger partial charge on any atom is -0.478 e. The number of carboxylic acids is 1. The van der Waals surface area contributed by atoms with E-state index in [2.05, 4.69) is 22.2 Å². The van der Waals surface area contributed by atoms with Crippen LogP contribution < -0.4 is 5.32 Å². The van der Waals surface area contributed by atoms with Crippen LogP contribution in [0.1, 0.15) is 34.1 Å². The summed E-state index contributed by atoms with van der Waals surface area (Å²) in [6, 6.07) is 6.78. The number of hydrogen-bond acceptors (Lipinski definition) is 5. The van der Waals surface area contributed by atoms with Crippen LogP contribution in [0.4, 0.5) is 11.5 Å². The van der Waals surface area contributed by atoms with Gasteiger partial charge in [0, 0.05) is 10.6 Å². The summed E-state index contributed by atoms with van der Waals surface area (Å²) in [5.41, 5.74) is 2.33. The number of nitrogens with zero attached hydrogens (tertiary/aromatic N) is 2. The molecule has 0 radical (unpaired) electrons. The SMILES string of the molecule is C[C@H]1CCc2c(sc3ncnc(Nc4cccc(C(=O)O)c4)c23)C1. The lowest BCUT2D eigenvalue weighted by Crippen LogP contribution is -2.09. The number of hydrogen-bond donors (Lipinski definition) is 2. The third-order valence-corrected chi connectivity index (χ3v) is 5.63. The molecule has 0 spiro atoms. The number of anilines is 2. The standard InChI is InChI=1S/C18H17N3O2S/c1-10-5-6-13-14(7-10)24-17-15(13)16(19-9-20-17)21-12-4-2-3-11(8-12)18(22)23/h2-4,8-10H,5-7H2,1H3,(H,22,23)(H,19,20,21)/t10-/m0/s1. The highest BCUT2D eigenvalue weighted by molar-refractivity contribution is 7.19. The largest absolute Gasteiger partial charge is 0.478 e. The van der Waals surface area contributed by atoms with E-state index < -0.39 is 5.97 Å². The first-order valence-corrected chi connectivity index (χ1v) is 8.79. The molecule has 5 nitrogen and oxygen atoms in total. The zero-order valence-corrected chi connectivity index (χ0v) is 14.1. The summed E-state index contributed by atoms with van der Waals surface area (Å²) in [6.45, 7) is 2.29. The second-order valence-electron chi connectivity index (χ2n) is 6.27. The summed E-state index contributed by atoms with van der Waals surface area (Å²) in [7, 11) is 0. The van der Waals surface area contributed by atoms with Gasteiger partial charge in [-0.25, -0.2) is 14.8 Å². The maximum absolute atomic E-state index is 11.1. The fourth-order valence-electron chi connectivity index (χ4n) is 3.24. The van der Waals surface area contributed by atoms with Crippen LogP contribution in [-0.4, -0.2) is 21.0 Å². The van der Waals surface area contributed by atoms with Crippen molar-refractivity contribution in [2.75, 3.05) is 5.32 Å². The van der Waals surface area contributed by atoms with Gasteiger partial charge in [-0.15, -0.1) is 11.3 Å². The number of nitrogens with one attached hydrogen (secondary N) is 1. The fourth-order valence-corrected chi connectivity index (χ4v) is 4.59.